The van der Waals surface area contributed by atoms with Crippen molar-refractivity contribution in [3.05, 3.63) is 30.3 Å². The molecule has 2 amide bonds. The van der Waals surface area contributed by atoms with E-state index in [-0.39, 0.29) is 29.5 Å². The third-order valence-corrected chi connectivity index (χ3v) is 5.58. The lowest BCUT2D eigenvalue weighted by Crippen LogP contribution is -2.32. The van der Waals surface area contributed by atoms with Crippen molar-refractivity contribution in [3.8, 4) is 11.3 Å². The molecule has 3 heterocycles. The van der Waals surface area contributed by atoms with Crippen molar-refractivity contribution >= 4 is 23.6 Å². The summed E-state index contributed by atoms with van der Waals surface area (Å²) in [6.07, 6.45) is 6.98. The summed E-state index contributed by atoms with van der Waals surface area (Å²) in [5, 5.41) is 3.23. The van der Waals surface area contributed by atoms with E-state index in [2.05, 4.69) is 20.3 Å². The van der Waals surface area contributed by atoms with E-state index in [1.807, 2.05) is 0 Å². The number of halogens is 1. The molecule has 4 rings (SSSR count). The Kier molecular flexibility index (Phi) is 5.37. The largest absolute Gasteiger partial charge is 0.369 e. The number of hydrogen-bond acceptors (Lipinski definition) is 6. The van der Waals surface area contributed by atoms with Crippen molar-refractivity contribution in [2.75, 3.05) is 16.8 Å². The van der Waals surface area contributed by atoms with Crippen molar-refractivity contribution in [1.82, 2.24) is 15.0 Å². The summed E-state index contributed by atoms with van der Waals surface area (Å²) in [6, 6.07) is 3.45. The zero-order valence-corrected chi connectivity index (χ0v) is 16.0. The number of nitrogens with one attached hydrogen (secondary N) is 1. The number of amides is 2. The average molecular weight is 398 g/mol. The molecule has 0 aromatic carbocycles. The van der Waals surface area contributed by atoms with Crippen LogP contribution in [0.5, 0.6) is 0 Å². The minimum Gasteiger partial charge on any atom is -0.369 e. The number of primary amides is 1. The van der Waals surface area contributed by atoms with Gasteiger partial charge < -0.3 is 11.1 Å². The van der Waals surface area contributed by atoms with Crippen LogP contribution in [0, 0.1) is 11.7 Å². The number of pyridine rings is 1. The number of carbonyl (C=O) groups excluding carboxylic acids is 2. The van der Waals surface area contributed by atoms with Gasteiger partial charge in [0.1, 0.15) is 11.5 Å². The van der Waals surface area contributed by atoms with E-state index >= 15 is 0 Å². The van der Waals surface area contributed by atoms with Crippen LogP contribution in [0.25, 0.3) is 11.3 Å². The highest BCUT2D eigenvalue weighted by Gasteiger charge is 2.26. The van der Waals surface area contributed by atoms with Gasteiger partial charge in [0, 0.05) is 36.7 Å². The molecular formula is C20H23FN6O2. The van der Waals surface area contributed by atoms with Gasteiger partial charge in [-0.15, -0.1) is 0 Å². The van der Waals surface area contributed by atoms with Crippen LogP contribution >= 0.6 is 0 Å². The molecule has 29 heavy (non-hydrogen) atoms. The molecule has 8 nitrogen and oxygen atoms in total. The summed E-state index contributed by atoms with van der Waals surface area (Å²) in [4.78, 5) is 37.6. The van der Waals surface area contributed by atoms with Crippen LogP contribution < -0.4 is 16.0 Å². The van der Waals surface area contributed by atoms with Gasteiger partial charge in [0.25, 0.3) is 0 Å². The quantitative estimate of drug-likeness (QED) is 0.799. The molecule has 3 N–H and O–H groups in total. The van der Waals surface area contributed by atoms with E-state index in [1.165, 1.54) is 0 Å². The van der Waals surface area contributed by atoms with Crippen LogP contribution in [0.1, 0.15) is 38.5 Å². The van der Waals surface area contributed by atoms with Crippen LogP contribution in [0.3, 0.4) is 0 Å². The number of rotatable bonds is 5. The van der Waals surface area contributed by atoms with Crippen LogP contribution in [0.15, 0.2) is 24.5 Å². The monoisotopic (exact) mass is 398 g/mol. The van der Waals surface area contributed by atoms with E-state index in [0.29, 0.717) is 30.3 Å². The first kappa shape index (κ1) is 19.2. The van der Waals surface area contributed by atoms with E-state index in [9.17, 15) is 14.0 Å². The third-order valence-electron chi connectivity index (χ3n) is 5.58. The maximum absolute atomic E-state index is 14.5. The third kappa shape index (κ3) is 4.18. The zero-order chi connectivity index (χ0) is 20.4. The molecule has 0 atom stereocenters. The lowest BCUT2D eigenvalue weighted by Gasteiger charge is -2.27. The lowest BCUT2D eigenvalue weighted by molar-refractivity contribution is -0.122. The predicted octanol–water partition coefficient (Wildman–Crippen LogP) is 2.26. The number of nitrogens with two attached hydrogens (primary N) is 1. The van der Waals surface area contributed by atoms with Crippen LogP contribution in [0.4, 0.5) is 16.2 Å². The van der Waals surface area contributed by atoms with Crippen LogP contribution in [-0.2, 0) is 9.59 Å². The fourth-order valence-corrected chi connectivity index (χ4v) is 3.95. The Morgan fingerprint density at radius 1 is 1.24 bits per heavy atom. The molecule has 2 fully saturated rings. The fourth-order valence-electron chi connectivity index (χ4n) is 3.95. The highest BCUT2D eigenvalue weighted by atomic mass is 19.1. The van der Waals surface area contributed by atoms with Gasteiger partial charge in [-0.05, 0) is 44.2 Å². The standard InChI is InChI=1S/C20H23FN6O2/c21-15-11-24-20(25-14-5-3-12(4-6-14)19(22)29)26-18(15)13-7-8-23-16(10-13)27-9-1-2-17(27)28/h7-8,10-12,14H,1-6,9H2,(H2,22,29)(H,24,25,26). The molecule has 2 aromatic heterocycles. The summed E-state index contributed by atoms with van der Waals surface area (Å²) < 4.78 is 14.5. The first-order valence-corrected chi connectivity index (χ1v) is 9.86. The van der Waals surface area contributed by atoms with E-state index in [0.717, 1.165) is 38.3 Å². The smallest absolute Gasteiger partial charge is 0.228 e. The number of nitrogens with zero attached hydrogens (tertiary/aromatic N) is 4. The molecule has 2 aromatic rings. The van der Waals surface area contributed by atoms with Crippen molar-refractivity contribution < 1.29 is 14.0 Å². The van der Waals surface area contributed by atoms with Crippen molar-refractivity contribution in [2.24, 2.45) is 11.7 Å². The molecule has 9 heteroatoms. The first-order valence-electron chi connectivity index (χ1n) is 9.86. The molecule has 0 bridgehead atoms. The average Bonchev–Trinajstić information content (AvgIpc) is 3.16. The molecule has 2 aliphatic rings. The number of aromatic nitrogens is 3. The molecular weight excluding hydrogens is 375 g/mol. The Morgan fingerprint density at radius 3 is 2.72 bits per heavy atom. The van der Waals surface area contributed by atoms with Gasteiger partial charge in [0.2, 0.25) is 17.8 Å². The van der Waals surface area contributed by atoms with E-state index in [1.54, 1.807) is 23.2 Å². The van der Waals surface area contributed by atoms with E-state index < -0.39 is 5.82 Å². The van der Waals surface area contributed by atoms with Crippen molar-refractivity contribution in [1.29, 1.82) is 0 Å². The number of anilines is 2. The second-order valence-corrected chi connectivity index (χ2v) is 7.54. The summed E-state index contributed by atoms with van der Waals surface area (Å²) in [5.41, 5.74) is 6.07. The number of carbonyl (C=O) groups is 2. The maximum Gasteiger partial charge on any atom is 0.228 e. The maximum atomic E-state index is 14.5. The van der Waals surface area contributed by atoms with E-state index in [4.69, 9.17) is 5.73 Å². The Bertz CT molecular complexity index is 929. The first-order chi connectivity index (χ1) is 14.0. The minimum atomic E-state index is -0.544. The second-order valence-electron chi connectivity index (χ2n) is 7.54. The molecule has 1 saturated carbocycles. The van der Waals surface area contributed by atoms with Gasteiger partial charge in [-0.1, -0.05) is 0 Å². The highest BCUT2D eigenvalue weighted by Crippen LogP contribution is 2.28. The molecule has 152 valence electrons. The van der Waals surface area contributed by atoms with Gasteiger partial charge >= 0.3 is 0 Å². The Balaban J connectivity index is 1.52. The van der Waals surface area contributed by atoms with Gasteiger partial charge in [0.15, 0.2) is 5.82 Å². The summed E-state index contributed by atoms with van der Waals surface area (Å²) in [5.74, 6) is -0.0264. The number of hydrogen-bond donors (Lipinski definition) is 2. The molecule has 0 unspecified atom stereocenters. The summed E-state index contributed by atoms with van der Waals surface area (Å²) in [6.45, 7) is 0.613. The van der Waals surface area contributed by atoms with Crippen molar-refractivity contribution in [3.63, 3.8) is 0 Å². The minimum absolute atomic E-state index is 0.0201. The Labute approximate surface area is 167 Å². The Morgan fingerprint density at radius 2 is 2.03 bits per heavy atom. The molecule has 1 saturated heterocycles. The fraction of sp³-hybridized carbons (Fsp3) is 0.450. The molecule has 0 radical (unpaired) electrons. The normalized spacial score (nSPS) is 22.0. The van der Waals surface area contributed by atoms with Gasteiger partial charge in [-0.25, -0.2) is 19.3 Å². The summed E-state index contributed by atoms with van der Waals surface area (Å²) >= 11 is 0. The van der Waals surface area contributed by atoms with Gasteiger partial charge in [-0.3, -0.25) is 14.5 Å². The van der Waals surface area contributed by atoms with Crippen molar-refractivity contribution in [2.45, 2.75) is 44.6 Å². The molecule has 0 spiro atoms. The zero-order valence-electron chi connectivity index (χ0n) is 16.0. The summed E-state index contributed by atoms with van der Waals surface area (Å²) in [7, 11) is 0. The second kappa shape index (κ2) is 8.10. The molecule has 1 aliphatic heterocycles. The van der Waals surface area contributed by atoms with Gasteiger partial charge in [0.05, 0.1) is 6.20 Å². The molecule has 1 aliphatic carbocycles. The SMILES string of the molecule is NC(=O)C1CCC(Nc2ncc(F)c(-c3ccnc(N4CCCC4=O)c3)n2)CC1. The predicted molar refractivity (Wildman–Crippen MR) is 105 cm³/mol. The van der Waals surface area contributed by atoms with Gasteiger partial charge in [-0.2, -0.15) is 0 Å². The Hall–Kier alpha value is -3.10. The van der Waals surface area contributed by atoms with Crippen LogP contribution in [-0.4, -0.2) is 39.4 Å². The topological polar surface area (TPSA) is 114 Å². The highest BCUT2D eigenvalue weighted by molar-refractivity contribution is 5.94. The lowest BCUT2D eigenvalue weighted by atomic mass is 9.86. The van der Waals surface area contributed by atoms with Crippen LogP contribution in [0.2, 0.25) is 0 Å².